The topological polar surface area (TPSA) is 0 Å². The SMILES string of the molecule is CC1=C(c2ccccc2)c2ccccc2C1(Cl)[SiH2]C1(Cl)C(C)=C(c2ccccc2)c2ccccc21.[Ti]. The fourth-order valence-electron chi connectivity index (χ4n) is 6.04. The average Bonchev–Trinajstić information content (AvgIpc) is 3.25. The number of halogens is 2. The molecule has 0 aromatic heterocycles. The Kier molecular flexibility index (Phi) is 6.83. The molecule has 0 nitrogen and oxygen atoms in total. The van der Waals surface area contributed by atoms with Crippen molar-refractivity contribution in [3.8, 4) is 0 Å². The largest absolute Gasteiger partial charge is 0.114 e. The van der Waals surface area contributed by atoms with Crippen LogP contribution in [0.3, 0.4) is 0 Å². The van der Waals surface area contributed by atoms with Gasteiger partial charge < -0.3 is 0 Å². The third-order valence-corrected chi connectivity index (χ3v) is 12.4. The van der Waals surface area contributed by atoms with E-state index in [1.54, 1.807) is 0 Å². The number of benzene rings is 4. The van der Waals surface area contributed by atoms with Crippen LogP contribution < -0.4 is 0 Å². The molecular formula is C32H26Cl2SiTi. The number of rotatable bonds is 4. The molecule has 6 rings (SSSR count). The maximum Gasteiger partial charge on any atom is 0.0923 e. The molecule has 0 fully saturated rings. The molecule has 0 N–H and O–H groups in total. The second-order valence-corrected chi connectivity index (χ2v) is 14.3. The standard InChI is InChI=1S/C32H26Cl2Si.Ti/c1-21-29(23-13-5-3-6-14-23)25-17-9-11-19-27(25)31(21,33)35-32(34)22(2)30(24-15-7-4-8-16-24)26-18-10-12-20-28(26)32;/h3-20H,35H2,1-2H3;. The molecule has 4 heteroatoms. The van der Waals surface area contributed by atoms with E-state index < -0.39 is 18.5 Å². The van der Waals surface area contributed by atoms with Crippen LogP contribution in [0.25, 0.3) is 11.1 Å². The Balaban J connectivity index is 0.00000267. The van der Waals surface area contributed by atoms with E-state index in [1.807, 2.05) is 0 Å². The van der Waals surface area contributed by atoms with Crippen molar-refractivity contribution in [3.05, 3.63) is 154 Å². The summed E-state index contributed by atoms with van der Waals surface area (Å²) < 4.78 is -1.16. The van der Waals surface area contributed by atoms with E-state index >= 15 is 0 Å². The van der Waals surface area contributed by atoms with Crippen molar-refractivity contribution < 1.29 is 21.7 Å². The van der Waals surface area contributed by atoms with Crippen LogP contribution in [-0.2, 0) is 30.7 Å². The summed E-state index contributed by atoms with van der Waals surface area (Å²) in [6.45, 7) is 4.42. The van der Waals surface area contributed by atoms with Crippen LogP contribution in [0.4, 0.5) is 0 Å². The molecule has 0 spiro atoms. The molecule has 0 aliphatic heterocycles. The van der Waals surface area contributed by atoms with Crippen molar-refractivity contribution >= 4 is 43.9 Å². The molecule has 36 heavy (non-hydrogen) atoms. The van der Waals surface area contributed by atoms with Gasteiger partial charge in [0.25, 0.3) is 0 Å². The van der Waals surface area contributed by atoms with Crippen LogP contribution in [0.5, 0.6) is 0 Å². The van der Waals surface area contributed by atoms with Gasteiger partial charge >= 0.3 is 0 Å². The summed E-state index contributed by atoms with van der Waals surface area (Å²) in [4.78, 5) is 0. The van der Waals surface area contributed by atoms with Gasteiger partial charge in [0.2, 0.25) is 0 Å². The zero-order valence-electron chi connectivity index (χ0n) is 20.4. The van der Waals surface area contributed by atoms with Crippen molar-refractivity contribution in [2.24, 2.45) is 0 Å². The third-order valence-electron chi connectivity index (χ3n) is 7.80. The summed E-state index contributed by atoms with van der Waals surface area (Å²) in [7, 11) is -1.20. The van der Waals surface area contributed by atoms with Gasteiger partial charge in [-0.2, -0.15) is 0 Å². The van der Waals surface area contributed by atoms with E-state index in [0.717, 1.165) is 0 Å². The Morgan fingerprint density at radius 2 is 0.833 bits per heavy atom. The molecule has 2 atom stereocenters. The quantitative estimate of drug-likeness (QED) is 0.176. The van der Waals surface area contributed by atoms with E-state index in [1.165, 1.54) is 55.7 Å². The van der Waals surface area contributed by atoms with Crippen molar-refractivity contribution in [2.45, 2.75) is 22.8 Å². The minimum absolute atomic E-state index is 0. The Hall–Kier alpha value is -2.13. The van der Waals surface area contributed by atoms with Gasteiger partial charge in [0, 0.05) is 21.7 Å². The van der Waals surface area contributed by atoms with Crippen molar-refractivity contribution in [1.29, 1.82) is 0 Å². The number of allylic oxidation sites excluding steroid dienone is 2. The number of hydrogen-bond donors (Lipinski definition) is 0. The van der Waals surface area contributed by atoms with Gasteiger partial charge in [0.05, 0.1) is 18.5 Å². The summed E-state index contributed by atoms with van der Waals surface area (Å²) in [5.41, 5.74) is 12.2. The van der Waals surface area contributed by atoms with E-state index in [-0.39, 0.29) is 21.7 Å². The Labute approximate surface area is 240 Å². The van der Waals surface area contributed by atoms with Gasteiger partial charge in [-0.05, 0) is 69.5 Å². The summed E-state index contributed by atoms with van der Waals surface area (Å²) in [6, 6.07) is 38.5. The first-order valence-electron chi connectivity index (χ1n) is 12.1. The molecule has 176 valence electrons. The summed E-state index contributed by atoms with van der Waals surface area (Å²) in [5, 5.41) is 0. The van der Waals surface area contributed by atoms with E-state index in [0.29, 0.717) is 0 Å². The molecule has 4 aromatic rings. The van der Waals surface area contributed by atoms with Crippen LogP contribution in [0.1, 0.15) is 47.2 Å². The number of fused-ring (bicyclic) bond motifs is 2. The van der Waals surface area contributed by atoms with Crippen LogP contribution in [-0.4, -0.2) is 9.52 Å². The summed E-state index contributed by atoms with van der Waals surface area (Å²) >= 11 is 15.6. The number of hydrogen-bond acceptors (Lipinski definition) is 0. The smallest absolute Gasteiger partial charge is 0.0923 e. The molecule has 2 aliphatic rings. The minimum atomic E-state index is -1.20. The molecule has 0 heterocycles. The van der Waals surface area contributed by atoms with Crippen LogP contribution in [0.15, 0.2) is 120 Å². The van der Waals surface area contributed by atoms with Gasteiger partial charge in [-0.15, -0.1) is 23.2 Å². The second-order valence-electron chi connectivity index (χ2n) is 9.60. The first-order valence-corrected chi connectivity index (χ1v) is 14.2. The van der Waals surface area contributed by atoms with Crippen molar-refractivity contribution in [2.75, 3.05) is 0 Å². The Morgan fingerprint density at radius 1 is 0.500 bits per heavy atom. The Morgan fingerprint density at radius 3 is 1.22 bits per heavy atom. The minimum Gasteiger partial charge on any atom is -0.114 e. The second kappa shape index (κ2) is 9.63. The van der Waals surface area contributed by atoms with E-state index in [2.05, 4.69) is 123 Å². The van der Waals surface area contributed by atoms with Crippen molar-refractivity contribution in [3.63, 3.8) is 0 Å². The van der Waals surface area contributed by atoms with Gasteiger partial charge in [0.1, 0.15) is 0 Å². The van der Waals surface area contributed by atoms with Gasteiger partial charge in [-0.25, -0.2) is 0 Å². The summed E-state index contributed by atoms with van der Waals surface area (Å²) in [5.74, 6) is 0. The zero-order valence-corrected chi connectivity index (χ0v) is 24.8. The fourth-order valence-corrected chi connectivity index (χ4v) is 10.5. The average molecular weight is 557 g/mol. The monoisotopic (exact) mass is 556 g/mol. The van der Waals surface area contributed by atoms with Crippen LogP contribution in [0, 0.1) is 0 Å². The molecule has 2 unspecified atom stereocenters. The molecule has 2 aliphatic carbocycles. The van der Waals surface area contributed by atoms with Crippen LogP contribution >= 0.6 is 23.2 Å². The molecule has 0 bridgehead atoms. The number of alkyl halides is 2. The van der Waals surface area contributed by atoms with E-state index in [4.69, 9.17) is 23.2 Å². The fraction of sp³-hybridized carbons (Fsp3) is 0.125. The van der Waals surface area contributed by atoms with Crippen LogP contribution in [0.2, 0.25) is 0 Å². The molecule has 0 radical (unpaired) electrons. The summed E-state index contributed by atoms with van der Waals surface area (Å²) in [6.07, 6.45) is 0. The van der Waals surface area contributed by atoms with Gasteiger partial charge in [0.15, 0.2) is 0 Å². The van der Waals surface area contributed by atoms with E-state index in [9.17, 15) is 0 Å². The predicted molar refractivity (Wildman–Crippen MR) is 153 cm³/mol. The molecule has 4 aromatic carbocycles. The molecule has 0 saturated heterocycles. The maximum atomic E-state index is 7.79. The first-order chi connectivity index (χ1) is 16.9. The predicted octanol–water partition coefficient (Wildman–Crippen LogP) is 8.01. The Bertz CT molecular complexity index is 1390. The first kappa shape index (κ1) is 25.5. The third kappa shape index (κ3) is 3.76. The molecule has 0 saturated carbocycles. The van der Waals surface area contributed by atoms with Crippen molar-refractivity contribution in [1.82, 2.24) is 0 Å². The van der Waals surface area contributed by atoms with Gasteiger partial charge in [-0.3, -0.25) is 0 Å². The van der Waals surface area contributed by atoms with Gasteiger partial charge in [-0.1, -0.05) is 109 Å². The molecular weight excluding hydrogens is 531 g/mol. The zero-order chi connectivity index (χ0) is 24.2. The maximum absolute atomic E-state index is 7.79. The molecule has 0 amide bonds. The normalized spacial score (nSPS) is 22.7.